The molecule has 0 aliphatic rings. The summed E-state index contributed by atoms with van der Waals surface area (Å²) in [6.45, 7) is 1.54. The van der Waals surface area contributed by atoms with Crippen molar-refractivity contribution in [2.24, 2.45) is 0 Å². The molecule has 1 amide bonds. The van der Waals surface area contributed by atoms with Crippen molar-refractivity contribution < 1.29 is 26.4 Å². The van der Waals surface area contributed by atoms with Crippen molar-refractivity contribution in [2.75, 3.05) is 11.6 Å². The van der Waals surface area contributed by atoms with Crippen LogP contribution in [0.25, 0.3) is 0 Å². The number of rotatable bonds is 5. The molecule has 1 heterocycles. The van der Waals surface area contributed by atoms with E-state index in [1.165, 1.54) is 0 Å². The number of benzene rings is 1. The zero-order valence-electron chi connectivity index (χ0n) is 13.1. The van der Waals surface area contributed by atoms with Gasteiger partial charge in [-0.3, -0.25) is 9.52 Å². The first-order valence-corrected chi connectivity index (χ1v) is 9.64. The summed E-state index contributed by atoms with van der Waals surface area (Å²) in [5.41, 5.74) is 0.0760. The van der Waals surface area contributed by atoms with Gasteiger partial charge in [0.05, 0.1) is 12.2 Å². The third kappa shape index (κ3) is 5.43. The number of aromatic nitrogens is 1. The molecule has 2 rings (SSSR count). The number of hydrogen-bond donors (Lipinski definition) is 2. The first-order chi connectivity index (χ1) is 11.5. The highest BCUT2D eigenvalue weighted by atomic mass is 32.2. The zero-order valence-corrected chi connectivity index (χ0v) is 14.7. The quantitative estimate of drug-likeness (QED) is 0.815. The van der Waals surface area contributed by atoms with E-state index in [1.807, 2.05) is 4.72 Å². The maximum Gasteiger partial charge on any atom is 0.434 e. The minimum absolute atomic E-state index is 0.0861. The Balaban J connectivity index is 2.07. The lowest BCUT2D eigenvalue weighted by Crippen LogP contribution is -2.32. The number of thiazole rings is 1. The Morgan fingerprint density at radius 1 is 1.24 bits per heavy atom. The summed E-state index contributed by atoms with van der Waals surface area (Å²) in [6.07, 6.45) is -3.61. The van der Waals surface area contributed by atoms with Crippen molar-refractivity contribution in [1.29, 1.82) is 0 Å². The van der Waals surface area contributed by atoms with E-state index >= 15 is 0 Å². The standard InChI is InChI=1S/C14H14F3N3O3S2/c1-8(12(21)20-25(2,22)23)9-3-5-10(6-4-9)18-13-19-11(7-24-13)14(15,16)17/h3-8H,1-2H3,(H,18,19)(H,20,21)/t8-/m0/s1. The van der Waals surface area contributed by atoms with Gasteiger partial charge in [-0.05, 0) is 24.6 Å². The number of carbonyl (C=O) groups is 1. The Morgan fingerprint density at radius 3 is 2.32 bits per heavy atom. The molecule has 2 N–H and O–H groups in total. The summed E-state index contributed by atoms with van der Waals surface area (Å²) < 4.78 is 61.6. The van der Waals surface area contributed by atoms with Crippen LogP contribution in [0.15, 0.2) is 29.6 Å². The second kappa shape index (κ2) is 7.00. The van der Waals surface area contributed by atoms with Gasteiger partial charge in [0.2, 0.25) is 15.9 Å². The second-order valence-electron chi connectivity index (χ2n) is 5.24. The number of nitrogens with zero attached hydrogens (tertiary/aromatic N) is 1. The van der Waals surface area contributed by atoms with Crippen LogP contribution in [0.1, 0.15) is 24.1 Å². The van der Waals surface area contributed by atoms with E-state index in [2.05, 4.69) is 10.3 Å². The van der Waals surface area contributed by atoms with Gasteiger partial charge in [0.15, 0.2) is 10.8 Å². The molecule has 1 aromatic carbocycles. The van der Waals surface area contributed by atoms with Crippen LogP contribution in [0, 0.1) is 0 Å². The Morgan fingerprint density at radius 2 is 1.84 bits per heavy atom. The second-order valence-corrected chi connectivity index (χ2v) is 7.85. The van der Waals surface area contributed by atoms with Crippen LogP contribution in [0.3, 0.4) is 0 Å². The first kappa shape index (κ1) is 19.2. The number of amides is 1. The number of sulfonamides is 1. The van der Waals surface area contributed by atoms with E-state index in [9.17, 15) is 26.4 Å². The molecule has 0 saturated heterocycles. The number of hydrogen-bond acceptors (Lipinski definition) is 6. The molecule has 1 atom stereocenters. The highest BCUT2D eigenvalue weighted by molar-refractivity contribution is 7.89. The van der Waals surface area contributed by atoms with Crippen molar-refractivity contribution in [3.8, 4) is 0 Å². The van der Waals surface area contributed by atoms with Crippen LogP contribution in [0.4, 0.5) is 24.0 Å². The van der Waals surface area contributed by atoms with Gasteiger partial charge in [-0.2, -0.15) is 13.2 Å². The van der Waals surface area contributed by atoms with Crippen LogP contribution >= 0.6 is 11.3 Å². The van der Waals surface area contributed by atoms with Crippen LogP contribution < -0.4 is 10.0 Å². The van der Waals surface area contributed by atoms with Crippen molar-refractivity contribution in [3.63, 3.8) is 0 Å². The van der Waals surface area contributed by atoms with E-state index in [-0.39, 0.29) is 5.13 Å². The topological polar surface area (TPSA) is 88.2 Å². The lowest BCUT2D eigenvalue weighted by molar-refractivity contribution is -0.140. The summed E-state index contributed by atoms with van der Waals surface area (Å²) in [7, 11) is -3.65. The van der Waals surface area contributed by atoms with Crippen molar-refractivity contribution in [1.82, 2.24) is 9.71 Å². The molecular weight excluding hydrogens is 379 g/mol. The molecule has 0 spiro atoms. The van der Waals surface area contributed by atoms with Crippen LogP contribution in [-0.4, -0.2) is 25.6 Å². The van der Waals surface area contributed by atoms with Crippen LogP contribution in [-0.2, 0) is 21.0 Å². The van der Waals surface area contributed by atoms with E-state index in [1.54, 1.807) is 31.2 Å². The number of anilines is 2. The number of carbonyl (C=O) groups excluding carboxylic acids is 1. The van der Waals surface area contributed by atoms with E-state index in [4.69, 9.17) is 0 Å². The lowest BCUT2D eigenvalue weighted by atomic mass is 10.0. The number of halogens is 3. The molecular formula is C14H14F3N3O3S2. The summed E-state index contributed by atoms with van der Waals surface area (Å²) in [6, 6.07) is 6.28. The molecule has 11 heteroatoms. The highest BCUT2D eigenvalue weighted by Crippen LogP contribution is 2.32. The molecule has 0 fully saturated rings. The molecule has 0 radical (unpaired) electrons. The van der Waals surface area contributed by atoms with Gasteiger partial charge in [0.1, 0.15) is 0 Å². The van der Waals surface area contributed by atoms with Crippen LogP contribution in [0.5, 0.6) is 0 Å². The average molecular weight is 393 g/mol. The summed E-state index contributed by atoms with van der Waals surface area (Å²) in [5, 5.41) is 3.74. The minimum atomic E-state index is -4.50. The maximum absolute atomic E-state index is 12.5. The lowest BCUT2D eigenvalue weighted by Gasteiger charge is -2.12. The Bertz CT molecular complexity index is 861. The third-order valence-electron chi connectivity index (χ3n) is 3.14. The fourth-order valence-electron chi connectivity index (χ4n) is 1.86. The molecule has 6 nitrogen and oxygen atoms in total. The van der Waals surface area contributed by atoms with Crippen molar-refractivity contribution in [2.45, 2.75) is 19.0 Å². The van der Waals surface area contributed by atoms with Gasteiger partial charge in [0, 0.05) is 11.1 Å². The van der Waals surface area contributed by atoms with E-state index in [0.717, 1.165) is 23.0 Å². The Hall–Kier alpha value is -2.14. The molecule has 1 aromatic heterocycles. The summed E-state index contributed by atoms with van der Waals surface area (Å²) in [5.74, 6) is -1.38. The molecule has 0 aliphatic heterocycles. The summed E-state index contributed by atoms with van der Waals surface area (Å²) in [4.78, 5) is 15.3. The SMILES string of the molecule is C[C@H](C(=O)NS(C)(=O)=O)c1ccc(Nc2nc(C(F)(F)F)cs2)cc1. The van der Waals surface area contributed by atoms with Crippen molar-refractivity contribution in [3.05, 3.63) is 40.9 Å². The predicted octanol–water partition coefficient (Wildman–Crippen LogP) is 3.08. The molecule has 0 bridgehead atoms. The van der Waals surface area contributed by atoms with Crippen molar-refractivity contribution >= 4 is 38.1 Å². The van der Waals surface area contributed by atoms with E-state index in [0.29, 0.717) is 11.3 Å². The summed E-state index contributed by atoms with van der Waals surface area (Å²) >= 11 is 0.820. The van der Waals surface area contributed by atoms with Gasteiger partial charge in [0.25, 0.3) is 0 Å². The van der Waals surface area contributed by atoms with E-state index < -0.39 is 33.7 Å². The van der Waals surface area contributed by atoms with Gasteiger partial charge in [-0.1, -0.05) is 12.1 Å². The smallest absolute Gasteiger partial charge is 0.332 e. The number of alkyl halides is 3. The first-order valence-electron chi connectivity index (χ1n) is 6.87. The fraction of sp³-hybridized carbons (Fsp3) is 0.286. The molecule has 0 unspecified atom stereocenters. The highest BCUT2D eigenvalue weighted by Gasteiger charge is 2.33. The molecule has 25 heavy (non-hydrogen) atoms. The molecule has 136 valence electrons. The normalized spacial score (nSPS) is 13.3. The maximum atomic E-state index is 12.5. The molecule has 0 saturated carbocycles. The monoisotopic (exact) mass is 393 g/mol. The largest absolute Gasteiger partial charge is 0.434 e. The van der Waals surface area contributed by atoms with Gasteiger partial charge < -0.3 is 5.32 Å². The molecule has 2 aromatic rings. The zero-order chi connectivity index (χ0) is 18.8. The Labute approximate surface area is 146 Å². The van der Waals surface area contributed by atoms with Crippen LogP contribution in [0.2, 0.25) is 0 Å². The fourth-order valence-corrected chi connectivity index (χ4v) is 3.14. The van der Waals surface area contributed by atoms with Gasteiger partial charge in [-0.25, -0.2) is 13.4 Å². The minimum Gasteiger partial charge on any atom is -0.332 e. The Kier molecular flexibility index (Phi) is 5.37. The average Bonchev–Trinajstić information content (AvgIpc) is 2.94. The van der Waals surface area contributed by atoms with Gasteiger partial charge in [-0.15, -0.1) is 11.3 Å². The third-order valence-corrected chi connectivity index (χ3v) is 4.47. The predicted molar refractivity (Wildman–Crippen MR) is 88.2 cm³/mol. The molecule has 0 aliphatic carbocycles. The van der Waals surface area contributed by atoms with Gasteiger partial charge >= 0.3 is 6.18 Å². The number of nitrogens with one attached hydrogen (secondary N) is 2.